The molecule has 3 heterocycles. The molecular formula is C15H18N4O3. The first-order valence-corrected chi connectivity index (χ1v) is 7.28. The largest absolute Gasteiger partial charge is 0.467 e. The Morgan fingerprint density at radius 3 is 2.91 bits per heavy atom. The van der Waals surface area contributed by atoms with Gasteiger partial charge in [0, 0.05) is 19.8 Å². The fraction of sp³-hybridized carbons (Fsp3) is 0.467. The molecule has 0 saturated carbocycles. The number of nitrogens with zero attached hydrogens (tertiary/aromatic N) is 4. The van der Waals surface area contributed by atoms with Gasteiger partial charge in [-0.3, -0.25) is 14.5 Å². The number of aryl methyl sites for hydroxylation is 1. The number of aromatic nitrogens is 3. The highest BCUT2D eigenvalue weighted by atomic mass is 16.5. The van der Waals surface area contributed by atoms with Crippen LogP contribution >= 0.6 is 0 Å². The van der Waals surface area contributed by atoms with Crippen LogP contribution < -0.4 is 0 Å². The van der Waals surface area contributed by atoms with Crippen molar-refractivity contribution in [1.82, 2.24) is 19.7 Å². The van der Waals surface area contributed by atoms with Gasteiger partial charge in [-0.05, 0) is 25.3 Å². The predicted molar refractivity (Wildman–Crippen MR) is 79.2 cm³/mol. The second-order valence-corrected chi connectivity index (χ2v) is 5.43. The van der Waals surface area contributed by atoms with Crippen LogP contribution in [0.15, 0.2) is 18.5 Å². The molecule has 116 valence electrons. The number of hydrogen-bond acceptors (Lipinski definition) is 5. The minimum absolute atomic E-state index is 0.189. The fourth-order valence-corrected chi connectivity index (χ4v) is 2.86. The van der Waals surface area contributed by atoms with E-state index in [0.717, 1.165) is 23.9 Å². The van der Waals surface area contributed by atoms with E-state index in [-0.39, 0.29) is 11.9 Å². The molecule has 0 bridgehead atoms. The summed E-state index contributed by atoms with van der Waals surface area (Å²) in [7, 11) is 3.15. The molecule has 1 unspecified atom stereocenters. The highest BCUT2D eigenvalue weighted by Gasteiger charge is 2.33. The van der Waals surface area contributed by atoms with E-state index in [1.807, 2.05) is 0 Å². The lowest BCUT2D eigenvalue weighted by Crippen LogP contribution is -2.48. The summed E-state index contributed by atoms with van der Waals surface area (Å²) in [6.07, 6.45) is 5.64. The minimum atomic E-state index is -0.506. The number of pyridine rings is 1. The summed E-state index contributed by atoms with van der Waals surface area (Å²) in [5, 5.41) is 4.12. The Balaban J connectivity index is 1.92. The maximum absolute atomic E-state index is 12.8. The number of carbonyl (C=O) groups is 2. The van der Waals surface area contributed by atoms with E-state index < -0.39 is 6.04 Å². The first kappa shape index (κ1) is 14.5. The monoisotopic (exact) mass is 302 g/mol. The quantitative estimate of drug-likeness (QED) is 0.777. The van der Waals surface area contributed by atoms with Crippen molar-refractivity contribution in [1.29, 1.82) is 0 Å². The molecule has 0 aromatic carbocycles. The van der Waals surface area contributed by atoms with Gasteiger partial charge in [0.25, 0.3) is 5.91 Å². The second-order valence-electron chi connectivity index (χ2n) is 5.43. The van der Waals surface area contributed by atoms with E-state index in [2.05, 4.69) is 10.1 Å². The zero-order valence-electron chi connectivity index (χ0n) is 12.7. The second kappa shape index (κ2) is 5.75. The predicted octanol–water partition coefficient (Wildman–Crippen LogP) is 1.14. The summed E-state index contributed by atoms with van der Waals surface area (Å²) in [5.41, 5.74) is 1.99. The number of rotatable bonds is 2. The van der Waals surface area contributed by atoms with Crippen LogP contribution in [-0.4, -0.2) is 51.2 Å². The van der Waals surface area contributed by atoms with Crippen LogP contribution in [0.4, 0.5) is 0 Å². The van der Waals surface area contributed by atoms with Gasteiger partial charge in [0.2, 0.25) is 0 Å². The molecule has 0 spiro atoms. The Bertz CT molecular complexity index is 725. The van der Waals surface area contributed by atoms with E-state index in [1.165, 1.54) is 13.3 Å². The number of hydrogen-bond donors (Lipinski definition) is 0. The van der Waals surface area contributed by atoms with Crippen LogP contribution in [0.3, 0.4) is 0 Å². The van der Waals surface area contributed by atoms with Crippen molar-refractivity contribution >= 4 is 22.9 Å². The van der Waals surface area contributed by atoms with Gasteiger partial charge in [-0.1, -0.05) is 0 Å². The molecule has 3 rings (SSSR count). The highest BCUT2D eigenvalue weighted by molar-refractivity contribution is 5.98. The molecule has 2 aromatic heterocycles. The van der Waals surface area contributed by atoms with Crippen LogP contribution in [0.25, 0.3) is 11.0 Å². The van der Waals surface area contributed by atoms with E-state index in [0.29, 0.717) is 18.5 Å². The Morgan fingerprint density at radius 2 is 2.14 bits per heavy atom. The molecule has 1 aliphatic rings. The van der Waals surface area contributed by atoms with Crippen LogP contribution in [0.1, 0.15) is 29.6 Å². The summed E-state index contributed by atoms with van der Waals surface area (Å²) in [6, 6.07) is 1.26. The van der Waals surface area contributed by atoms with Gasteiger partial charge < -0.3 is 9.64 Å². The lowest BCUT2D eigenvalue weighted by atomic mass is 10.0. The van der Waals surface area contributed by atoms with Gasteiger partial charge >= 0.3 is 5.97 Å². The maximum Gasteiger partial charge on any atom is 0.328 e. The van der Waals surface area contributed by atoms with Crippen molar-refractivity contribution in [2.24, 2.45) is 7.05 Å². The number of methoxy groups -OCH3 is 1. The van der Waals surface area contributed by atoms with E-state index in [4.69, 9.17) is 4.74 Å². The van der Waals surface area contributed by atoms with Crippen molar-refractivity contribution < 1.29 is 14.3 Å². The van der Waals surface area contributed by atoms with Crippen molar-refractivity contribution in [2.75, 3.05) is 13.7 Å². The molecule has 0 N–H and O–H groups in total. The highest BCUT2D eigenvalue weighted by Crippen LogP contribution is 2.21. The molecule has 1 saturated heterocycles. The molecule has 1 fully saturated rings. The lowest BCUT2D eigenvalue weighted by Gasteiger charge is -2.33. The van der Waals surface area contributed by atoms with Crippen molar-refractivity contribution in [2.45, 2.75) is 25.3 Å². The van der Waals surface area contributed by atoms with Crippen molar-refractivity contribution in [3.8, 4) is 0 Å². The number of likely N-dealkylation sites (tertiary alicyclic amines) is 1. The molecule has 0 aliphatic carbocycles. The minimum Gasteiger partial charge on any atom is -0.467 e. The topological polar surface area (TPSA) is 77.3 Å². The Morgan fingerprint density at radius 1 is 1.32 bits per heavy atom. The van der Waals surface area contributed by atoms with Crippen LogP contribution in [0.5, 0.6) is 0 Å². The first-order valence-electron chi connectivity index (χ1n) is 7.28. The van der Waals surface area contributed by atoms with Crippen LogP contribution in [0.2, 0.25) is 0 Å². The third-order valence-electron chi connectivity index (χ3n) is 4.08. The number of piperidine rings is 1. The van der Waals surface area contributed by atoms with Gasteiger partial charge in [0.05, 0.1) is 24.4 Å². The van der Waals surface area contributed by atoms with Crippen LogP contribution in [-0.2, 0) is 16.6 Å². The molecule has 1 atom stereocenters. The van der Waals surface area contributed by atoms with Gasteiger partial charge in [-0.15, -0.1) is 0 Å². The van der Waals surface area contributed by atoms with Gasteiger partial charge in [-0.2, -0.15) is 5.10 Å². The summed E-state index contributed by atoms with van der Waals surface area (Å²) in [5.74, 6) is -0.548. The van der Waals surface area contributed by atoms with Gasteiger partial charge in [-0.25, -0.2) is 4.79 Å². The first-order chi connectivity index (χ1) is 10.6. The fourth-order valence-electron chi connectivity index (χ4n) is 2.86. The average Bonchev–Trinajstić information content (AvgIpc) is 2.94. The molecular weight excluding hydrogens is 284 g/mol. The standard InChI is InChI=1S/C15H18N4O3/c1-18-13-7-10(8-16-11(13)9-17-18)14(20)19-6-4-3-5-12(19)15(21)22-2/h7-9,12H,3-6H2,1-2H3. The number of esters is 1. The lowest BCUT2D eigenvalue weighted by molar-refractivity contribution is -0.147. The molecule has 7 nitrogen and oxygen atoms in total. The van der Waals surface area contributed by atoms with E-state index >= 15 is 0 Å². The number of ether oxygens (including phenoxy) is 1. The molecule has 2 aromatic rings. The number of amides is 1. The summed E-state index contributed by atoms with van der Waals surface area (Å²) in [6.45, 7) is 0.558. The maximum atomic E-state index is 12.8. The van der Waals surface area contributed by atoms with E-state index in [1.54, 1.807) is 28.9 Å². The van der Waals surface area contributed by atoms with Crippen molar-refractivity contribution in [3.05, 3.63) is 24.0 Å². The summed E-state index contributed by atoms with van der Waals surface area (Å²) >= 11 is 0. The Kier molecular flexibility index (Phi) is 3.79. The zero-order valence-corrected chi connectivity index (χ0v) is 12.7. The summed E-state index contributed by atoms with van der Waals surface area (Å²) in [4.78, 5) is 30.5. The number of fused-ring (bicyclic) bond motifs is 1. The van der Waals surface area contributed by atoms with Crippen molar-refractivity contribution in [3.63, 3.8) is 0 Å². The molecule has 1 aliphatic heterocycles. The summed E-state index contributed by atoms with van der Waals surface area (Å²) < 4.78 is 6.49. The zero-order chi connectivity index (χ0) is 15.7. The molecule has 7 heteroatoms. The Hall–Kier alpha value is -2.44. The van der Waals surface area contributed by atoms with E-state index in [9.17, 15) is 9.59 Å². The van der Waals surface area contributed by atoms with Crippen LogP contribution in [0, 0.1) is 0 Å². The molecule has 22 heavy (non-hydrogen) atoms. The average molecular weight is 302 g/mol. The molecule has 1 amide bonds. The third-order valence-corrected chi connectivity index (χ3v) is 4.08. The smallest absolute Gasteiger partial charge is 0.328 e. The normalized spacial score (nSPS) is 18.5. The number of carbonyl (C=O) groups excluding carboxylic acids is 2. The van der Waals surface area contributed by atoms with Gasteiger partial charge in [0.1, 0.15) is 11.6 Å². The SMILES string of the molecule is COC(=O)C1CCCCN1C(=O)c1cnc2cnn(C)c2c1. The Labute approximate surface area is 127 Å². The molecule has 0 radical (unpaired) electrons. The van der Waals surface area contributed by atoms with Gasteiger partial charge in [0.15, 0.2) is 0 Å². The third kappa shape index (κ3) is 2.43.